The summed E-state index contributed by atoms with van der Waals surface area (Å²) in [4.78, 5) is 0. The highest BCUT2D eigenvalue weighted by Gasteiger charge is 2.12. The van der Waals surface area contributed by atoms with Crippen LogP contribution >= 0.6 is 39.1 Å². The summed E-state index contributed by atoms with van der Waals surface area (Å²) in [6.07, 6.45) is 0. The molecule has 0 fully saturated rings. The second-order valence-electron chi connectivity index (χ2n) is 3.22. The summed E-state index contributed by atoms with van der Waals surface area (Å²) in [6, 6.07) is 9.79. The highest BCUT2D eigenvalue weighted by atomic mass is 79.9. The Balaban J connectivity index is 2.72. The van der Waals surface area contributed by atoms with E-state index < -0.39 is 0 Å². The van der Waals surface area contributed by atoms with E-state index in [2.05, 4.69) is 15.9 Å². The van der Waals surface area contributed by atoms with Crippen molar-refractivity contribution in [2.45, 2.75) is 0 Å². The molecule has 2 aromatic rings. The van der Waals surface area contributed by atoms with Gasteiger partial charge in [-0.1, -0.05) is 45.2 Å². The lowest BCUT2D eigenvalue weighted by Crippen LogP contribution is -1.87. The van der Waals surface area contributed by atoms with Crippen LogP contribution in [0.3, 0.4) is 0 Å². The van der Waals surface area contributed by atoms with Crippen molar-refractivity contribution in [2.24, 2.45) is 0 Å². The van der Waals surface area contributed by atoms with Crippen molar-refractivity contribution in [2.75, 3.05) is 0 Å². The van der Waals surface area contributed by atoms with Gasteiger partial charge in [-0.3, -0.25) is 0 Å². The maximum atomic E-state index is 13.7. The van der Waals surface area contributed by atoms with E-state index in [1.807, 2.05) is 0 Å². The molecule has 0 aliphatic carbocycles. The molecule has 0 N–H and O–H groups in total. The van der Waals surface area contributed by atoms with Crippen molar-refractivity contribution >= 4 is 39.1 Å². The molecule has 0 spiro atoms. The highest BCUT2D eigenvalue weighted by Crippen LogP contribution is 2.36. The topological polar surface area (TPSA) is 0 Å². The molecule has 0 unspecified atom stereocenters. The maximum absolute atomic E-state index is 13.7. The first kappa shape index (κ1) is 11.9. The Hall–Kier alpha value is -0.570. The third kappa shape index (κ3) is 2.24. The molecule has 0 aromatic heterocycles. The Labute approximate surface area is 111 Å². The molecule has 16 heavy (non-hydrogen) atoms. The van der Waals surface area contributed by atoms with Crippen molar-refractivity contribution in [1.29, 1.82) is 0 Å². The summed E-state index contributed by atoms with van der Waals surface area (Å²) in [6.45, 7) is 0. The average Bonchev–Trinajstić information content (AvgIpc) is 2.23. The Morgan fingerprint density at radius 1 is 1.00 bits per heavy atom. The minimum atomic E-state index is -0.382. The molecule has 82 valence electrons. The first-order valence-electron chi connectivity index (χ1n) is 4.49. The van der Waals surface area contributed by atoms with Crippen LogP contribution < -0.4 is 0 Å². The summed E-state index contributed by atoms with van der Waals surface area (Å²) in [5.74, 6) is -0.382. The lowest BCUT2D eigenvalue weighted by Gasteiger charge is -2.08. The van der Waals surface area contributed by atoms with E-state index in [0.29, 0.717) is 21.2 Å². The Morgan fingerprint density at radius 3 is 2.44 bits per heavy atom. The van der Waals surface area contributed by atoms with Crippen LogP contribution in [0.2, 0.25) is 10.0 Å². The third-order valence-corrected chi connectivity index (χ3v) is 3.30. The molecule has 2 rings (SSSR count). The van der Waals surface area contributed by atoms with Crippen LogP contribution in [0.15, 0.2) is 40.9 Å². The van der Waals surface area contributed by atoms with Crippen LogP contribution in [0.25, 0.3) is 11.1 Å². The minimum absolute atomic E-state index is 0.329. The van der Waals surface area contributed by atoms with E-state index in [1.165, 1.54) is 6.07 Å². The first-order valence-corrected chi connectivity index (χ1v) is 6.04. The summed E-state index contributed by atoms with van der Waals surface area (Å²) in [5, 5.41) is 0.815. The van der Waals surface area contributed by atoms with Crippen LogP contribution in [0, 0.1) is 5.82 Å². The van der Waals surface area contributed by atoms with E-state index in [-0.39, 0.29) is 5.82 Å². The molecule has 0 heterocycles. The van der Waals surface area contributed by atoms with Gasteiger partial charge in [-0.25, -0.2) is 4.39 Å². The molecule has 4 heteroatoms. The fourth-order valence-corrected chi connectivity index (χ4v) is 2.28. The van der Waals surface area contributed by atoms with Gasteiger partial charge in [0.25, 0.3) is 0 Å². The predicted octanol–water partition coefficient (Wildman–Crippen LogP) is 5.56. The molecular weight excluding hydrogens is 314 g/mol. The molecule has 0 atom stereocenters. The van der Waals surface area contributed by atoms with Gasteiger partial charge in [0, 0.05) is 20.6 Å². The quantitative estimate of drug-likeness (QED) is 0.645. The van der Waals surface area contributed by atoms with E-state index in [1.54, 1.807) is 30.3 Å². The molecular formula is C12H6BrCl2F. The van der Waals surface area contributed by atoms with Crippen LogP contribution in [0.5, 0.6) is 0 Å². The van der Waals surface area contributed by atoms with Gasteiger partial charge >= 0.3 is 0 Å². The molecule has 0 saturated carbocycles. The number of halogens is 4. The molecule has 0 aliphatic heterocycles. The zero-order chi connectivity index (χ0) is 11.7. The van der Waals surface area contributed by atoms with Crippen LogP contribution in [-0.4, -0.2) is 0 Å². The van der Waals surface area contributed by atoms with Gasteiger partial charge in [-0.05, 0) is 30.3 Å². The Bertz CT molecular complexity index is 520. The Morgan fingerprint density at radius 2 is 1.75 bits per heavy atom. The molecule has 0 saturated heterocycles. The zero-order valence-corrected chi connectivity index (χ0v) is 11.1. The molecule has 0 amide bonds. The number of rotatable bonds is 1. The normalized spacial score (nSPS) is 10.5. The second-order valence-corrected chi connectivity index (χ2v) is 4.95. The van der Waals surface area contributed by atoms with Gasteiger partial charge in [0.05, 0.1) is 5.02 Å². The van der Waals surface area contributed by atoms with Crippen LogP contribution in [0.1, 0.15) is 0 Å². The van der Waals surface area contributed by atoms with Crippen LogP contribution in [0.4, 0.5) is 4.39 Å². The van der Waals surface area contributed by atoms with E-state index in [0.717, 1.165) is 4.47 Å². The second kappa shape index (κ2) is 4.74. The van der Waals surface area contributed by atoms with Gasteiger partial charge in [-0.2, -0.15) is 0 Å². The van der Waals surface area contributed by atoms with Crippen molar-refractivity contribution < 1.29 is 4.39 Å². The van der Waals surface area contributed by atoms with Gasteiger partial charge < -0.3 is 0 Å². The van der Waals surface area contributed by atoms with Crippen LogP contribution in [-0.2, 0) is 0 Å². The SMILES string of the molecule is Fc1cccc(Cl)c1-c1cc(Br)ccc1Cl. The number of hydrogen-bond acceptors (Lipinski definition) is 0. The molecule has 0 nitrogen and oxygen atoms in total. The van der Waals surface area contributed by atoms with E-state index in [9.17, 15) is 4.39 Å². The number of hydrogen-bond donors (Lipinski definition) is 0. The van der Waals surface area contributed by atoms with Crippen molar-refractivity contribution in [1.82, 2.24) is 0 Å². The van der Waals surface area contributed by atoms with Crippen molar-refractivity contribution in [3.8, 4) is 11.1 Å². The zero-order valence-electron chi connectivity index (χ0n) is 7.98. The highest BCUT2D eigenvalue weighted by molar-refractivity contribution is 9.10. The summed E-state index contributed by atoms with van der Waals surface area (Å²) in [5.41, 5.74) is 0.912. The van der Waals surface area contributed by atoms with Crippen molar-refractivity contribution in [3.05, 3.63) is 56.7 Å². The first-order chi connectivity index (χ1) is 7.59. The van der Waals surface area contributed by atoms with Gasteiger partial charge in [0.1, 0.15) is 5.82 Å². The summed E-state index contributed by atoms with van der Waals surface area (Å²) in [7, 11) is 0. The summed E-state index contributed by atoms with van der Waals surface area (Å²) < 4.78 is 14.5. The summed E-state index contributed by atoms with van der Waals surface area (Å²) >= 11 is 15.3. The predicted molar refractivity (Wildman–Crippen MR) is 69.6 cm³/mol. The van der Waals surface area contributed by atoms with E-state index >= 15 is 0 Å². The fraction of sp³-hybridized carbons (Fsp3) is 0. The monoisotopic (exact) mass is 318 g/mol. The average molecular weight is 320 g/mol. The fourth-order valence-electron chi connectivity index (χ4n) is 1.44. The molecule has 2 aromatic carbocycles. The standard InChI is InChI=1S/C12H6BrCl2F/c13-7-4-5-9(14)8(6-7)12-10(15)2-1-3-11(12)16/h1-6H. The molecule has 0 radical (unpaired) electrons. The molecule has 0 bridgehead atoms. The maximum Gasteiger partial charge on any atom is 0.132 e. The van der Waals surface area contributed by atoms with Gasteiger partial charge in [-0.15, -0.1) is 0 Å². The Kier molecular flexibility index (Phi) is 3.53. The van der Waals surface area contributed by atoms with Crippen molar-refractivity contribution in [3.63, 3.8) is 0 Å². The largest absolute Gasteiger partial charge is 0.206 e. The van der Waals surface area contributed by atoms with E-state index in [4.69, 9.17) is 23.2 Å². The lowest BCUT2D eigenvalue weighted by molar-refractivity contribution is 0.631. The number of benzene rings is 2. The van der Waals surface area contributed by atoms with Gasteiger partial charge in [0.2, 0.25) is 0 Å². The smallest absolute Gasteiger partial charge is 0.132 e. The minimum Gasteiger partial charge on any atom is -0.206 e. The van der Waals surface area contributed by atoms with Gasteiger partial charge in [0.15, 0.2) is 0 Å². The molecule has 0 aliphatic rings. The lowest BCUT2D eigenvalue weighted by atomic mass is 10.1. The third-order valence-electron chi connectivity index (χ3n) is 2.16.